The van der Waals surface area contributed by atoms with Gasteiger partial charge in [-0.15, -0.1) is 0 Å². The molecule has 1 aliphatic rings. The van der Waals surface area contributed by atoms with Crippen LogP contribution in [0.15, 0.2) is 53.9 Å². The van der Waals surface area contributed by atoms with Crippen molar-refractivity contribution in [2.75, 3.05) is 6.61 Å². The van der Waals surface area contributed by atoms with Crippen LogP contribution < -0.4 is 4.57 Å². The van der Waals surface area contributed by atoms with Gasteiger partial charge in [-0.05, 0) is 12.8 Å². The van der Waals surface area contributed by atoms with Gasteiger partial charge in [-0.25, -0.2) is 22.1 Å². The lowest BCUT2D eigenvalue weighted by atomic mass is 10.2. The lowest BCUT2D eigenvalue weighted by Gasteiger charge is -2.18. The number of unbranched alkanes of at least 4 members (excludes halogenated alkanes) is 2. The molecule has 1 aliphatic carbocycles. The van der Waals surface area contributed by atoms with Gasteiger partial charge in [0.2, 0.25) is 11.7 Å². The summed E-state index contributed by atoms with van der Waals surface area (Å²) in [5.41, 5.74) is 0. The topological polar surface area (TPSA) is 13.1 Å². The van der Waals surface area contributed by atoms with Crippen molar-refractivity contribution in [2.24, 2.45) is 0 Å². The van der Waals surface area contributed by atoms with Crippen LogP contribution in [0.2, 0.25) is 0 Å². The first-order chi connectivity index (χ1) is 10.5. The minimum absolute atomic E-state index is 0.308. The summed E-state index contributed by atoms with van der Waals surface area (Å²) in [6, 6.07) is 5.64. The molecule has 0 bridgehead atoms. The Bertz CT molecular complexity index is 561. The highest BCUT2D eigenvalue weighted by Gasteiger charge is 2.53. The van der Waals surface area contributed by atoms with Crippen molar-refractivity contribution in [3.63, 3.8) is 0 Å². The Hall–Kier alpha value is -1.76. The molecule has 0 radical (unpaired) electrons. The number of hydrogen-bond acceptors (Lipinski definition) is 1. The van der Waals surface area contributed by atoms with E-state index in [2.05, 4.69) is 4.74 Å². The SMILES string of the molecule is FC1=C(F)C(F)(OCCCCC[n+]2ccccc2)C(F)=C1F. The second-order valence-electron chi connectivity index (χ2n) is 4.87. The molecule has 0 spiro atoms. The number of ether oxygens (including phenoxy) is 1. The second kappa shape index (κ2) is 7.00. The highest BCUT2D eigenvalue weighted by molar-refractivity contribution is 5.42. The van der Waals surface area contributed by atoms with Crippen molar-refractivity contribution < 1.29 is 31.3 Å². The van der Waals surface area contributed by atoms with Gasteiger partial charge in [0.05, 0.1) is 6.61 Å². The van der Waals surface area contributed by atoms with Gasteiger partial charge in [0.15, 0.2) is 24.0 Å². The number of allylic oxidation sites excluding steroid dienone is 2. The largest absolute Gasteiger partial charge is 0.335 e. The van der Waals surface area contributed by atoms with Crippen molar-refractivity contribution in [1.82, 2.24) is 0 Å². The van der Waals surface area contributed by atoms with Crippen LogP contribution >= 0.6 is 0 Å². The van der Waals surface area contributed by atoms with Crippen molar-refractivity contribution in [3.05, 3.63) is 53.9 Å². The highest BCUT2D eigenvalue weighted by Crippen LogP contribution is 2.46. The second-order valence-corrected chi connectivity index (χ2v) is 4.87. The molecule has 1 aromatic rings. The molecule has 0 atom stereocenters. The molecule has 1 heterocycles. The van der Waals surface area contributed by atoms with E-state index in [0.717, 1.165) is 13.0 Å². The molecular formula is C15H15F5NO+. The summed E-state index contributed by atoms with van der Waals surface area (Å²) < 4.78 is 72.0. The maximum Gasteiger partial charge on any atom is 0.320 e. The quantitative estimate of drug-likeness (QED) is 0.418. The van der Waals surface area contributed by atoms with E-state index in [1.807, 2.05) is 35.2 Å². The molecule has 120 valence electrons. The first-order valence-corrected chi connectivity index (χ1v) is 6.85. The van der Waals surface area contributed by atoms with Crippen LogP contribution in [0.5, 0.6) is 0 Å². The zero-order valence-electron chi connectivity index (χ0n) is 11.7. The molecule has 0 amide bonds. The zero-order valence-corrected chi connectivity index (χ0v) is 11.7. The molecule has 1 aromatic heterocycles. The molecule has 0 saturated carbocycles. The van der Waals surface area contributed by atoms with Gasteiger partial charge in [-0.2, -0.15) is 4.39 Å². The number of halogens is 5. The van der Waals surface area contributed by atoms with E-state index in [1.165, 1.54) is 0 Å². The van der Waals surface area contributed by atoms with E-state index in [0.29, 0.717) is 12.8 Å². The molecule has 7 heteroatoms. The fourth-order valence-electron chi connectivity index (χ4n) is 2.07. The normalized spacial score (nSPS) is 17.5. The summed E-state index contributed by atoms with van der Waals surface area (Å²) in [5.74, 6) is -12.5. The van der Waals surface area contributed by atoms with Crippen LogP contribution in [0.25, 0.3) is 0 Å². The number of aromatic nitrogens is 1. The van der Waals surface area contributed by atoms with Gasteiger partial charge in [0.1, 0.15) is 6.54 Å². The maximum absolute atomic E-state index is 13.8. The van der Waals surface area contributed by atoms with Crippen LogP contribution in [-0.4, -0.2) is 12.5 Å². The van der Waals surface area contributed by atoms with E-state index in [1.54, 1.807) is 0 Å². The van der Waals surface area contributed by atoms with Crippen LogP contribution in [0.1, 0.15) is 19.3 Å². The van der Waals surface area contributed by atoms with Gasteiger partial charge in [-0.3, -0.25) is 0 Å². The summed E-state index contributed by atoms with van der Waals surface area (Å²) >= 11 is 0. The standard InChI is InChI=1S/C15H15F5NO/c16-11-12(17)14(19)15(20,13(11)18)22-10-6-2-5-9-21-7-3-1-4-8-21/h1,3-4,7-8H,2,5-6,9-10H2/q+1. The minimum atomic E-state index is -3.76. The van der Waals surface area contributed by atoms with Crippen LogP contribution in [0, 0.1) is 0 Å². The van der Waals surface area contributed by atoms with Gasteiger partial charge in [-0.1, -0.05) is 6.07 Å². The smallest absolute Gasteiger partial charge is 0.320 e. The Balaban J connectivity index is 1.73. The minimum Gasteiger partial charge on any atom is -0.335 e. The third kappa shape index (κ3) is 3.35. The molecule has 0 aliphatic heterocycles. The Kier molecular flexibility index (Phi) is 5.28. The monoisotopic (exact) mass is 320 g/mol. The Labute approximate surface area is 124 Å². The number of aryl methyl sites for hydroxylation is 1. The first-order valence-electron chi connectivity index (χ1n) is 6.85. The molecule has 0 saturated heterocycles. The van der Waals surface area contributed by atoms with Crippen LogP contribution in [-0.2, 0) is 11.3 Å². The van der Waals surface area contributed by atoms with E-state index in [4.69, 9.17) is 0 Å². The molecule has 0 N–H and O–H groups in total. The third-order valence-corrected chi connectivity index (χ3v) is 3.28. The fraction of sp³-hybridized carbons (Fsp3) is 0.400. The van der Waals surface area contributed by atoms with Crippen molar-refractivity contribution in [3.8, 4) is 0 Å². The van der Waals surface area contributed by atoms with Crippen molar-refractivity contribution >= 4 is 0 Å². The van der Waals surface area contributed by atoms with E-state index < -0.39 is 29.2 Å². The van der Waals surface area contributed by atoms with Crippen LogP contribution in [0.3, 0.4) is 0 Å². The number of alkyl halides is 1. The summed E-state index contributed by atoms with van der Waals surface area (Å²) in [6.45, 7) is 0.380. The third-order valence-electron chi connectivity index (χ3n) is 3.28. The number of nitrogens with zero attached hydrogens (tertiary/aromatic N) is 1. The molecule has 0 unspecified atom stereocenters. The summed E-state index contributed by atoms with van der Waals surface area (Å²) in [7, 11) is 0. The lowest BCUT2D eigenvalue weighted by Crippen LogP contribution is -2.32. The van der Waals surface area contributed by atoms with Gasteiger partial charge < -0.3 is 4.74 Å². The van der Waals surface area contributed by atoms with E-state index >= 15 is 0 Å². The van der Waals surface area contributed by atoms with Gasteiger partial charge >= 0.3 is 5.85 Å². The predicted molar refractivity (Wildman–Crippen MR) is 68.8 cm³/mol. The van der Waals surface area contributed by atoms with Crippen molar-refractivity contribution in [1.29, 1.82) is 0 Å². The van der Waals surface area contributed by atoms with Gasteiger partial charge in [0.25, 0.3) is 0 Å². The summed E-state index contributed by atoms with van der Waals surface area (Å²) in [6.07, 6.45) is 5.44. The Morgan fingerprint density at radius 1 is 0.864 bits per heavy atom. The Morgan fingerprint density at radius 3 is 2.05 bits per heavy atom. The van der Waals surface area contributed by atoms with E-state index in [-0.39, 0.29) is 6.61 Å². The molecule has 2 rings (SSSR count). The molecule has 2 nitrogen and oxygen atoms in total. The summed E-state index contributed by atoms with van der Waals surface area (Å²) in [4.78, 5) is 0. The lowest BCUT2D eigenvalue weighted by molar-refractivity contribution is -0.697. The summed E-state index contributed by atoms with van der Waals surface area (Å²) in [5, 5.41) is 0. The highest BCUT2D eigenvalue weighted by atomic mass is 19.2. The zero-order chi connectivity index (χ0) is 16.2. The first kappa shape index (κ1) is 16.6. The fourth-order valence-corrected chi connectivity index (χ4v) is 2.07. The molecular weight excluding hydrogens is 305 g/mol. The van der Waals surface area contributed by atoms with Gasteiger partial charge in [0, 0.05) is 18.6 Å². The Morgan fingerprint density at radius 2 is 1.45 bits per heavy atom. The van der Waals surface area contributed by atoms with E-state index in [9.17, 15) is 22.0 Å². The molecule has 0 aromatic carbocycles. The average Bonchev–Trinajstić information content (AvgIpc) is 2.68. The predicted octanol–water partition coefficient (Wildman–Crippen LogP) is 4.14. The number of rotatable bonds is 7. The molecule has 22 heavy (non-hydrogen) atoms. The average molecular weight is 320 g/mol. The van der Waals surface area contributed by atoms with Crippen molar-refractivity contribution in [2.45, 2.75) is 31.7 Å². The maximum atomic E-state index is 13.8. The van der Waals surface area contributed by atoms with Crippen LogP contribution in [0.4, 0.5) is 22.0 Å². The molecule has 0 fully saturated rings. The number of hydrogen-bond donors (Lipinski definition) is 0. The number of pyridine rings is 1.